The molecule has 0 radical (unpaired) electrons. The Morgan fingerprint density at radius 2 is 2.07 bits per heavy atom. The molecular formula is C10H13F2NO. The van der Waals surface area contributed by atoms with Crippen molar-refractivity contribution >= 4 is 0 Å². The third-order valence-corrected chi connectivity index (χ3v) is 1.91. The number of rotatable bonds is 4. The molecule has 0 amide bonds. The highest BCUT2D eigenvalue weighted by molar-refractivity contribution is 5.17. The van der Waals surface area contributed by atoms with E-state index in [0.29, 0.717) is 12.1 Å². The molecule has 0 aromatic heterocycles. The summed E-state index contributed by atoms with van der Waals surface area (Å²) in [6.07, 6.45) is 0. The maximum absolute atomic E-state index is 12.7. The molecule has 0 aliphatic heterocycles. The molecule has 1 rings (SSSR count). The number of hydrogen-bond acceptors (Lipinski definition) is 2. The largest absolute Gasteiger partial charge is 0.395 e. The van der Waals surface area contributed by atoms with Gasteiger partial charge in [0.1, 0.15) is 0 Å². The number of benzene rings is 1. The summed E-state index contributed by atoms with van der Waals surface area (Å²) in [7, 11) is 0. The van der Waals surface area contributed by atoms with Gasteiger partial charge in [-0.1, -0.05) is 6.07 Å². The van der Waals surface area contributed by atoms with Crippen molar-refractivity contribution in [3.05, 3.63) is 35.4 Å². The van der Waals surface area contributed by atoms with Crippen molar-refractivity contribution in [1.82, 2.24) is 5.32 Å². The lowest BCUT2D eigenvalue weighted by Crippen LogP contribution is -2.28. The summed E-state index contributed by atoms with van der Waals surface area (Å²) < 4.78 is 25.3. The van der Waals surface area contributed by atoms with Crippen LogP contribution >= 0.6 is 0 Å². The Labute approximate surface area is 81.6 Å². The molecule has 78 valence electrons. The lowest BCUT2D eigenvalue weighted by Gasteiger charge is -2.10. The van der Waals surface area contributed by atoms with E-state index in [1.807, 2.05) is 0 Å². The van der Waals surface area contributed by atoms with Crippen LogP contribution in [0, 0.1) is 11.6 Å². The number of hydrogen-bond donors (Lipinski definition) is 2. The van der Waals surface area contributed by atoms with Crippen LogP contribution in [0.4, 0.5) is 8.78 Å². The van der Waals surface area contributed by atoms with Gasteiger partial charge >= 0.3 is 0 Å². The van der Waals surface area contributed by atoms with Gasteiger partial charge in [0.05, 0.1) is 6.61 Å². The predicted molar refractivity (Wildman–Crippen MR) is 49.7 cm³/mol. The molecule has 1 atom stereocenters. The van der Waals surface area contributed by atoms with E-state index >= 15 is 0 Å². The van der Waals surface area contributed by atoms with Gasteiger partial charge in [-0.15, -0.1) is 0 Å². The first-order chi connectivity index (χ1) is 6.63. The Balaban J connectivity index is 2.55. The molecule has 0 bridgehead atoms. The van der Waals surface area contributed by atoms with E-state index in [4.69, 9.17) is 5.11 Å². The lowest BCUT2D eigenvalue weighted by molar-refractivity contribution is 0.251. The fourth-order valence-corrected chi connectivity index (χ4v) is 1.01. The van der Waals surface area contributed by atoms with Crippen LogP contribution in [0.3, 0.4) is 0 Å². The van der Waals surface area contributed by atoms with E-state index in [9.17, 15) is 8.78 Å². The quantitative estimate of drug-likeness (QED) is 0.772. The summed E-state index contributed by atoms with van der Waals surface area (Å²) in [5.41, 5.74) is 0.657. The number of aliphatic hydroxyl groups excluding tert-OH is 1. The van der Waals surface area contributed by atoms with Crippen LogP contribution in [0.25, 0.3) is 0 Å². The second-order valence-corrected chi connectivity index (χ2v) is 3.21. The Kier molecular flexibility index (Phi) is 3.98. The van der Waals surface area contributed by atoms with Crippen LogP contribution < -0.4 is 5.32 Å². The average Bonchev–Trinajstić information content (AvgIpc) is 2.19. The van der Waals surface area contributed by atoms with Crippen LogP contribution in [0.1, 0.15) is 12.5 Å². The van der Waals surface area contributed by atoms with Gasteiger partial charge in [-0.2, -0.15) is 0 Å². The minimum absolute atomic E-state index is 0.0175. The second kappa shape index (κ2) is 5.02. The van der Waals surface area contributed by atoms with E-state index in [1.54, 1.807) is 6.92 Å². The van der Waals surface area contributed by atoms with Gasteiger partial charge in [-0.05, 0) is 24.6 Å². The maximum Gasteiger partial charge on any atom is 0.159 e. The molecule has 0 aliphatic rings. The minimum Gasteiger partial charge on any atom is -0.395 e. The van der Waals surface area contributed by atoms with Crippen molar-refractivity contribution in [3.63, 3.8) is 0 Å². The summed E-state index contributed by atoms with van der Waals surface area (Å²) in [6.45, 7) is 2.24. The molecule has 0 aliphatic carbocycles. The first kappa shape index (κ1) is 11.1. The van der Waals surface area contributed by atoms with Crippen molar-refractivity contribution in [1.29, 1.82) is 0 Å². The van der Waals surface area contributed by atoms with Gasteiger partial charge in [-0.25, -0.2) is 8.78 Å². The minimum atomic E-state index is -0.846. The topological polar surface area (TPSA) is 32.3 Å². The van der Waals surface area contributed by atoms with Crippen molar-refractivity contribution in [3.8, 4) is 0 Å². The summed E-state index contributed by atoms with van der Waals surface area (Å²) in [5.74, 6) is -1.69. The zero-order valence-electron chi connectivity index (χ0n) is 7.93. The zero-order chi connectivity index (χ0) is 10.6. The van der Waals surface area contributed by atoms with Crippen LogP contribution in [0.15, 0.2) is 18.2 Å². The molecule has 1 aromatic carbocycles. The monoisotopic (exact) mass is 201 g/mol. The predicted octanol–water partition coefficient (Wildman–Crippen LogP) is 1.44. The Hall–Kier alpha value is -1.00. The molecular weight excluding hydrogens is 188 g/mol. The maximum atomic E-state index is 12.7. The van der Waals surface area contributed by atoms with Gasteiger partial charge in [0.2, 0.25) is 0 Å². The number of aliphatic hydroxyl groups is 1. The van der Waals surface area contributed by atoms with Crippen molar-refractivity contribution in [2.75, 3.05) is 6.61 Å². The molecule has 0 saturated heterocycles. The molecule has 1 aromatic rings. The first-order valence-electron chi connectivity index (χ1n) is 4.41. The number of halogens is 2. The fraction of sp³-hybridized carbons (Fsp3) is 0.400. The molecule has 2 N–H and O–H groups in total. The standard InChI is InChI=1S/C10H13F2NO/c1-7(6-14)13-5-8-2-3-9(11)10(12)4-8/h2-4,7,13-14H,5-6H2,1H3. The first-order valence-corrected chi connectivity index (χ1v) is 4.41. The van der Waals surface area contributed by atoms with Crippen molar-refractivity contribution < 1.29 is 13.9 Å². The summed E-state index contributed by atoms with van der Waals surface area (Å²) in [5, 5.41) is 11.7. The van der Waals surface area contributed by atoms with Crippen molar-refractivity contribution in [2.45, 2.75) is 19.5 Å². The summed E-state index contributed by atoms with van der Waals surface area (Å²) in [6, 6.07) is 3.70. The van der Waals surface area contributed by atoms with Gasteiger partial charge in [0, 0.05) is 12.6 Å². The molecule has 14 heavy (non-hydrogen) atoms. The molecule has 4 heteroatoms. The third kappa shape index (κ3) is 3.05. The van der Waals surface area contributed by atoms with E-state index in [2.05, 4.69) is 5.32 Å². The van der Waals surface area contributed by atoms with Crippen LogP contribution in [-0.4, -0.2) is 17.8 Å². The SMILES string of the molecule is CC(CO)NCc1ccc(F)c(F)c1. The Morgan fingerprint density at radius 3 is 2.64 bits per heavy atom. The fourth-order valence-electron chi connectivity index (χ4n) is 1.01. The highest BCUT2D eigenvalue weighted by atomic mass is 19.2. The highest BCUT2D eigenvalue weighted by Gasteiger charge is 2.03. The average molecular weight is 201 g/mol. The van der Waals surface area contributed by atoms with Crippen LogP contribution in [0.2, 0.25) is 0 Å². The zero-order valence-corrected chi connectivity index (χ0v) is 7.93. The van der Waals surface area contributed by atoms with Crippen LogP contribution in [-0.2, 0) is 6.54 Å². The van der Waals surface area contributed by atoms with E-state index in [1.165, 1.54) is 6.07 Å². The van der Waals surface area contributed by atoms with Crippen molar-refractivity contribution in [2.24, 2.45) is 0 Å². The molecule has 0 heterocycles. The third-order valence-electron chi connectivity index (χ3n) is 1.91. The molecule has 0 spiro atoms. The van der Waals surface area contributed by atoms with Gasteiger partial charge < -0.3 is 10.4 Å². The van der Waals surface area contributed by atoms with E-state index in [-0.39, 0.29) is 12.6 Å². The van der Waals surface area contributed by atoms with Gasteiger partial charge in [0.25, 0.3) is 0 Å². The smallest absolute Gasteiger partial charge is 0.159 e. The van der Waals surface area contributed by atoms with E-state index < -0.39 is 11.6 Å². The van der Waals surface area contributed by atoms with Gasteiger partial charge in [-0.3, -0.25) is 0 Å². The van der Waals surface area contributed by atoms with E-state index in [0.717, 1.165) is 12.1 Å². The highest BCUT2D eigenvalue weighted by Crippen LogP contribution is 2.08. The summed E-state index contributed by atoms with van der Waals surface area (Å²) >= 11 is 0. The second-order valence-electron chi connectivity index (χ2n) is 3.21. The number of nitrogens with one attached hydrogen (secondary N) is 1. The Bertz CT molecular complexity index is 304. The van der Waals surface area contributed by atoms with Gasteiger partial charge in [0.15, 0.2) is 11.6 Å². The normalized spacial score (nSPS) is 12.9. The molecule has 1 unspecified atom stereocenters. The lowest BCUT2D eigenvalue weighted by atomic mass is 10.2. The molecule has 0 saturated carbocycles. The molecule has 0 fully saturated rings. The van der Waals surface area contributed by atoms with Crippen LogP contribution in [0.5, 0.6) is 0 Å². The molecule has 2 nitrogen and oxygen atoms in total. The summed E-state index contributed by atoms with van der Waals surface area (Å²) in [4.78, 5) is 0. The Morgan fingerprint density at radius 1 is 1.36 bits per heavy atom.